The number of benzene rings is 5. The van der Waals surface area contributed by atoms with Crippen LogP contribution in [0.1, 0.15) is 0 Å². The van der Waals surface area contributed by atoms with Crippen LogP contribution in [0, 0.1) is 0 Å². The van der Waals surface area contributed by atoms with E-state index in [1.165, 1.54) is 5.39 Å². The highest BCUT2D eigenvalue weighted by atomic mass is 16.3. The van der Waals surface area contributed by atoms with Crippen LogP contribution in [0.4, 0.5) is 0 Å². The van der Waals surface area contributed by atoms with Crippen molar-refractivity contribution in [2.45, 2.75) is 0 Å². The molecule has 0 spiro atoms. The van der Waals surface area contributed by atoms with Gasteiger partial charge in [0.1, 0.15) is 5.58 Å². The monoisotopic (exact) mass is 513 g/mol. The molecule has 8 rings (SSSR count). The van der Waals surface area contributed by atoms with Gasteiger partial charge in [-0.05, 0) is 42.5 Å². The van der Waals surface area contributed by atoms with Crippen molar-refractivity contribution in [1.29, 1.82) is 0 Å². The van der Waals surface area contributed by atoms with Crippen molar-refractivity contribution in [3.63, 3.8) is 0 Å². The van der Waals surface area contributed by atoms with Crippen LogP contribution >= 0.6 is 0 Å². The molecule has 0 unspecified atom stereocenters. The number of fused-ring (bicyclic) bond motifs is 5. The molecule has 0 aliphatic rings. The molecule has 40 heavy (non-hydrogen) atoms. The van der Waals surface area contributed by atoms with Crippen LogP contribution in [0.2, 0.25) is 0 Å². The van der Waals surface area contributed by atoms with Gasteiger partial charge in [-0.25, -0.2) is 9.97 Å². The average molecular weight is 514 g/mol. The van der Waals surface area contributed by atoms with Gasteiger partial charge in [0.2, 0.25) is 0 Å². The fourth-order valence-electron chi connectivity index (χ4n) is 5.63. The van der Waals surface area contributed by atoms with Gasteiger partial charge in [0, 0.05) is 33.2 Å². The number of hydrogen-bond donors (Lipinski definition) is 0. The van der Waals surface area contributed by atoms with Crippen molar-refractivity contribution >= 4 is 32.8 Å². The maximum absolute atomic E-state index is 5.96. The van der Waals surface area contributed by atoms with Gasteiger partial charge >= 0.3 is 0 Å². The Labute approximate surface area is 230 Å². The van der Waals surface area contributed by atoms with E-state index in [0.29, 0.717) is 5.82 Å². The predicted molar refractivity (Wildman–Crippen MR) is 162 cm³/mol. The van der Waals surface area contributed by atoms with E-state index in [-0.39, 0.29) is 0 Å². The van der Waals surface area contributed by atoms with Crippen molar-refractivity contribution in [1.82, 2.24) is 14.5 Å². The molecule has 4 nitrogen and oxygen atoms in total. The summed E-state index contributed by atoms with van der Waals surface area (Å²) in [5.74, 6) is 0.708. The van der Waals surface area contributed by atoms with E-state index in [1.807, 2.05) is 42.5 Å². The van der Waals surface area contributed by atoms with Gasteiger partial charge in [-0.15, -0.1) is 0 Å². The van der Waals surface area contributed by atoms with E-state index in [1.54, 1.807) is 6.26 Å². The number of rotatable bonds is 4. The average Bonchev–Trinajstić information content (AvgIpc) is 3.64. The molecule has 0 N–H and O–H groups in total. The number of para-hydroxylation sites is 1. The molecule has 3 heterocycles. The van der Waals surface area contributed by atoms with Gasteiger partial charge in [0.15, 0.2) is 5.82 Å². The molecular weight excluding hydrogens is 490 g/mol. The van der Waals surface area contributed by atoms with Crippen LogP contribution in [0.15, 0.2) is 144 Å². The maximum atomic E-state index is 5.96. The van der Waals surface area contributed by atoms with Gasteiger partial charge in [0.05, 0.1) is 34.1 Å². The third-order valence-electron chi connectivity index (χ3n) is 7.48. The molecule has 0 atom stereocenters. The smallest absolute Gasteiger partial charge is 0.160 e. The molecule has 8 aromatic rings. The van der Waals surface area contributed by atoms with E-state index in [9.17, 15) is 0 Å². The molecule has 0 aliphatic heterocycles. The lowest BCUT2D eigenvalue weighted by atomic mass is 10.1. The van der Waals surface area contributed by atoms with Gasteiger partial charge in [-0.2, -0.15) is 0 Å². The molecule has 0 aliphatic carbocycles. The van der Waals surface area contributed by atoms with Crippen LogP contribution in [-0.4, -0.2) is 14.5 Å². The van der Waals surface area contributed by atoms with E-state index in [4.69, 9.17) is 14.4 Å². The lowest BCUT2D eigenvalue weighted by Crippen LogP contribution is -1.97. The van der Waals surface area contributed by atoms with Crippen LogP contribution in [0.3, 0.4) is 0 Å². The number of aromatic nitrogens is 3. The Hall–Kier alpha value is -5.48. The van der Waals surface area contributed by atoms with E-state index in [0.717, 1.165) is 61.2 Å². The summed E-state index contributed by atoms with van der Waals surface area (Å²) in [4.78, 5) is 10.00. The highest BCUT2D eigenvalue weighted by molar-refractivity contribution is 6.19. The zero-order valence-electron chi connectivity index (χ0n) is 21.5. The molecule has 188 valence electrons. The maximum Gasteiger partial charge on any atom is 0.160 e. The summed E-state index contributed by atoms with van der Waals surface area (Å²) in [6, 6.07) is 45.9. The van der Waals surface area contributed by atoms with Crippen molar-refractivity contribution in [2.75, 3.05) is 0 Å². The highest BCUT2D eigenvalue weighted by Gasteiger charge is 2.17. The quantitative estimate of drug-likeness (QED) is 0.235. The summed E-state index contributed by atoms with van der Waals surface area (Å²) < 4.78 is 8.27. The van der Waals surface area contributed by atoms with Crippen molar-refractivity contribution in [3.05, 3.63) is 140 Å². The molecule has 0 fully saturated rings. The second kappa shape index (κ2) is 9.07. The Morgan fingerprint density at radius 3 is 2.05 bits per heavy atom. The molecule has 0 radical (unpaired) electrons. The third kappa shape index (κ3) is 3.62. The van der Waals surface area contributed by atoms with Gasteiger partial charge in [0.25, 0.3) is 0 Å². The third-order valence-corrected chi connectivity index (χ3v) is 7.48. The summed E-state index contributed by atoms with van der Waals surface area (Å²) in [6.45, 7) is 0. The number of furan rings is 1. The first-order chi connectivity index (χ1) is 19.8. The first-order valence-corrected chi connectivity index (χ1v) is 13.3. The fraction of sp³-hybridized carbons (Fsp3) is 0. The van der Waals surface area contributed by atoms with Crippen molar-refractivity contribution in [3.8, 4) is 39.6 Å². The van der Waals surface area contributed by atoms with E-state index < -0.39 is 0 Å². The standard InChI is InChI=1S/C36H23N3O/c1-3-10-24(11-4-1)30-23-31(38-36(37-30)26-12-5-2-6-13-26)27-14-9-15-28(22-27)39-32-17-8-7-16-29(32)34-33(39)19-18-25-20-21-40-35(25)34/h1-23H. The predicted octanol–water partition coefficient (Wildman–Crippen LogP) is 9.32. The van der Waals surface area contributed by atoms with Crippen molar-refractivity contribution in [2.24, 2.45) is 0 Å². The molecule has 0 saturated carbocycles. The minimum Gasteiger partial charge on any atom is -0.464 e. The summed E-state index contributed by atoms with van der Waals surface area (Å²) in [7, 11) is 0. The minimum atomic E-state index is 0.708. The first-order valence-electron chi connectivity index (χ1n) is 13.3. The SMILES string of the molecule is c1ccc(-c2cc(-c3cccc(-n4c5ccccc5c5c6occc6ccc54)c3)nc(-c3ccccc3)n2)cc1. The Balaban J connectivity index is 1.35. The second-order valence-electron chi connectivity index (χ2n) is 9.90. The fourth-order valence-corrected chi connectivity index (χ4v) is 5.63. The van der Waals surface area contributed by atoms with E-state index >= 15 is 0 Å². The zero-order chi connectivity index (χ0) is 26.5. The molecule has 0 saturated heterocycles. The van der Waals surface area contributed by atoms with Crippen molar-refractivity contribution < 1.29 is 4.42 Å². The Morgan fingerprint density at radius 2 is 1.23 bits per heavy atom. The molecule has 3 aromatic heterocycles. The van der Waals surface area contributed by atoms with Crippen LogP contribution in [0.25, 0.3) is 72.4 Å². The van der Waals surface area contributed by atoms with Gasteiger partial charge < -0.3 is 8.98 Å². The largest absolute Gasteiger partial charge is 0.464 e. The number of nitrogens with zero attached hydrogens (tertiary/aromatic N) is 3. The summed E-state index contributed by atoms with van der Waals surface area (Å²) in [5, 5.41) is 3.40. The normalized spacial score (nSPS) is 11.5. The second-order valence-corrected chi connectivity index (χ2v) is 9.90. The van der Waals surface area contributed by atoms with Gasteiger partial charge in [-0.1, -0.05) is 91.0 Å². The summed E-state index contributed by atoms with van der Waals surface area (Å²) in [6.07, 6.45) is 1.76. The highest BCUT2D eigenvalue weighted by Crippen LogP contribution is 2.38. The lowest BCUT2D eigenvalue weighted by Gasteiger charge is -2.12. The molecule has 4 heteroatoms. The Kier molecular flexibility index (Phi) is 5.10. The minimum absolute atomic E-state index is 0.708. The first kappa shape index (κ1) is 22.5. The van der Waals surface area contributed by atoms with Gasteiger partial charge in [-0.3, -0.25) is 0 Å². The topological polar surface area (TPSA) is 43.9 Å². The summed E-state index contributed by atoms with van der Waals surface area (Å²) >= 11 is 0. The Morgan fingerprint density at radius 1 is 0.525 bits per heavy atom. The molecule has 0 amide bonds. The van der Waals surface area contributed by atoms with E-state index in [2.05, 4.69) is 95.6 Å². The molecule has 5 aromatic carbocycles. The summed E-state index contributed by atoms with van der Waals surface area (Å²) in [5.41, 5.74) is 9.08. The molecule has 0 bridgehead atoms. The van der Waals surface area contributed by atoms with Crippen LogP contribution < -0.4 is 0 Å². The zero-order valence-corrected chi connectivity index (χ0v) is 21.5. The molecular formula is C36H23N3O. The number of hydrogen-bond acceptors (Lipinski definition) is 3. The van der Waals surface area contributed by atoms with Crippen LogP contribution in [-0.2, 0) is 0 Å². The Bertz CT molecular complexity index is 2100. The van der Waals surface area contributed by atoms with Crippen LogP contribution in [0.5, 0.6) is 0 Å². The lowest BCUT2D eigenvalue weighted by molar-refractivity contribution is 0.619.